The van der Waals surface area contributed by atoms with Crippen molar-refractivity contribution in [2.24, 2.45) is 0 Å². The molecule has 4 aromatic rings. The van der Waals surface area contributed by atoms with Gasteiger partial charge in [-0.05, 0) is 49.7 Å². The monoisotopic (exact) mass is 578 g/mol. The van der Waals surface area contributed by atoms with Crippen LogP contribution in [0.4, 0.5) is 16.2 Å². The minimum absolute atomic E-state index is 0.0602. The summed E-state index contributed by atoms with van der Waals surface area (Å²) in [7, 11) is 1.55. The lowest BCUT2D eigenvalue weighted by Crippen LogP contribution is -2.40. The molecule has 0 aliphatic rings. The molecule has 0 bridgehead atoms. The highest BCUT2D eigenvalue weighted by atomic mass is 35.5. The smallest absolute Gasteiger partial charge is 0.319 e. The molecule has 10 heteroatoms. The minimum atomic E-state index is -0.589. The van der Waals surface area contributed by atoms with Crippen molar-refractivity contribution in [1.82, 2.24) is 10.3 Å². The number of hydrogen-bond donors (Lipinski definition) is 2. The average Bonchev–Trinajstić information content (AvgIpc) is 2.95. The van der Waals surface area contributed by atoms with Crippen LogP contribution in [0.5, 0.6) is 5.75 Å². The zero-order chi connectivity index (χ0) is 28.8. The van der Waals surface area contributed by atoms with Gasteiger partial charge >= 0.3 is 6.03 Å². The second-order valence-electron chi connectivity index (χ2n) is 9.03. The number of likely N-dealkylation sites (N-methyl/N-ethyl adjacent to an activating group) is 1. The molecule has 0 aliphatic heterocycles. The number of ketones is 1. The zero-order valence-electron chi connectivity index (χ0n) is 22.3. The predicted octanol–water partition coefficient (Wildman–Crippen LogP) is 6.67. The predicted molar refractivity (Wildman–Crippen MR) is 159 cm³/mol. The molecule has 0 saturated heterocycles. The molecule has 2 N–H and O–H groups in total. The van der Waals surface area contributed by atoms with Gasteiger partial charge in [0.25, 0.3) is 0 Å². The summed E-state index contributed by atoms with van der Waals surface area (Å²) in [5.41, 5.74) is 3.52. The van der Waals surface area contributed by atoms with Crippen molar-refractivity contribution >= 4 is 63.2 Å². The van der Waals surface area contributed by atoms with E-state index in [9.17, 15) is 14.4 Å². The standard InChI is InChI=1S/C30H28Cl2N4O4/c1-4-21-12-11-19-7-6-10-26(29(19)34-21)40-17-23-24(31)13-14-25(28(23)32)36(3)27(38)16-33-30(39)35-22-9-5-8-20(15-22)18(2)37/h5-15H,4,16-17H2,1-3H3,(H2,33,35,39). The number of nitrogens with zero attached hydrogens (tertiary/aromatic N) is 2. The Morgan fingerprint density at radius 3 is 2.52 bits per heavy atom. The highest BCUT2D eigenvalue weighted by Gasteiger charge is 2.19. The molecule has 0 atom stereocenters. The Hall–Kier alpha value is -4.14. The van der Waals surface area contributed by atoms with E-state index in [-0.39, 0.29) is 24.0 Å². The van der Waals surface area contributed by atoms with Crippen molar-refractivity contribution in [2.75, 3.05) is 23.8 Å². The molecule has 3 aromatic carbocycles. The molecule has 0 saturated carbocycles. The lowest BCUT2D eigenvalue weighted by molar-refractivity contribution is -0.117. The van der Waals surface area contributed by atoms with E-state index in [2.05, 4.69) is 10.6 Å². The number of anilines is 2. The first-order valence-corrected chi connectivity index (χ1v) is 13.3. The third-order valence-corrected chi connectivity index (χ3v) is 7.08. The Morgan fingerprint density at radius 1 is 1.00 bits per heavy atom. The van der Waals surface area contributed by atoms with E-state index in [4.69, 9.17) is 32.9 Å². The molecule has 0 radical (unpaired) electrons. The summed E-state index contributed by atoms with van der Waals surface area (Å²) in [6.07, 6.45) is 0.800. The first kappa shape index (κ1) is 28.9. The Morgan fingerprint density at radius 2 is 1.77 bits per heavy atom. The normalized spacial score (nSPS) is 10.7. The highest BCUT2D eigenvalue weighted by Crippen LogP contribution is 2.35. The SMILES string of the molecule is CCc1ccc2cccc(OCc3c(Cl)ccc(N(C)C(=O)CNC(=O)Nc4cccc(C(C)=O)c4)c3Cl)c2n1. The number of carbonyl (C=O) groups is 3. The molecular formula is C30H28Cl2N4O4. The van der Waals surface area contributed by atoms with Gasteiger partial charge in [0.05, 0.1) is 17.3 Å². The third-order valence-electron chi connectivity index (χ3n) is 6.30. The van der Waals surface area contributed by atoms with Crippen LogP contribution >= 0.6 is 23.2 Å². The number of nitrogens with one attached hydrogen (secondary N) is 2. The van der Waals surface area contributed by atoms with Gasteiger partial charge in [0.15, 0.2) is 5.78 Å². The second-order valence-corrected chi connectivity index (χ2v) is 9.81. The molecule has 0 unspecified atom stereocenters. The van der Waals surface area contributed by atoms with Gasteiger partial charge < -0.3 is 20.3 Å². The molecule has 1 aromatic heterocycles. The molecule has 8 nitrogen and oxygen atoms in total. The number of aryl methyl sites for hydroxylation is 1. The van der Waals surface area contributed by atoms with E-state index < -0.39 is 11.9 Å². The molecule has 0 aliphatic carbocycles. The van der Waals surface area contributed by atoms with Crippen molar-refractivity contribution in [3.05, 3.63) is 93.6 Å². The van der Waals surface area contributed by atoms with Gasteiger partial charge in [0.2, 0.25) is 5.91 Å². The molecule has 1 heterocycles. The number of aromatic nitrogens is 1. The van der Waals surface area contributed by atoms with Crippen LogP contribution in [0.25, 0.3) is 10.9 Å². The summed E-state index contributed by atoms with van der Waals surface area (Å²) in [6, 6.07) is 18.9. The quantitative estimate of drug-likeness (QED) is 0.216. The topological polar surface area (TPSA) is 101 Å². The Kier molecular flexibility index (Phi) is 9.24. The van der Waals surface area contributed by atoms with Crippen LogP contribution < -0.4 is 20.3 Å². The van der Waals surface area contributed by atoms with Gasteiger partial charge in [-0.25, -0.2) is 9.78 Å². The van der Waals surface area contributed by atoms with Crippen molar-refractivity contribution < 1.29 is 19.1 Å². The van der Waals surface area contributed by atoms with E-state index in [1.807, 2.05) is 37.3 Å². The number of benzene rings is 3. The minimum Gasteiger partial charge on any atom is -0.487 e. The van der Waals surface area contributed by atoms with Gasteiger partial charge in [0, 0.05) is 40.0 Å². The van der Waals surface area contributed by atoms with Crippen LogP contribution in [0, 0.1) is 0 Å². The molecule has 0 spiro atoms. The summed E-state index contributed by atoms with van der Waals surface area (Å²) in [4.78, 5) is 42.8. The largest absolute Gasteiger partial charge is 0.487 e. The average molecular weight is 579 g/mol. The summed E-state index contributed by atoms with van der Waals surface area (Å²) < 4.78 is 6.10. The Labute approximate surface area is 242 Å². The van der Waals surface area contributed by atoms with Crippen LogP contribution in [0.1, 0.15) is 35.5 Å². The molecule has 40 heavy (non-hydrogen) atoms. The van der Waals surface area contributed by atoms with E-state index in [0.29, 0.717) is 33.3 Å². The zero-order valence-corrected chi connectivity index (χ0v) is 23.8. The van der Waals surface area contributed by atoms with Crippen molar-refractivity contribution in [1.29, 1.82) is 0 Å². The number of Topliss-reactive ketones (excluding diaryl/α,β-unsaturated/α-hetero) is 1. The van der Waals surface area contributed by atoms with Crippen LogP contribution in [0.3, 0.4) is 0 Å². The summed E-state index contributed by atoms with van der Waals surface area (Å²) in [5, 5.41) is 6.74. The number of carbonyl (C=O) groups excluding carboxylic acids is 3. The first-order valence-electron chi connectivity index (χ1n) is 12.6. The van der Waals surface area contributed by atoms with Gasteiger partial charge in [-0.15, -0.1) is 0 Å². The fourth-order valence-electron chi connectivity index (χ4n) is 4.00. The third kappa shape index (κ3) is 6.70. The summed E-state index contributed by atoms with van der Waals surface area (Å²) in [6.45, 7) is 3.25. The van der Waals surface area contributed by atoms with E-state index in [1.54, 1.807) is 43.4 Å². The van der Waals surface area contributed by atoms with Crippen LogP contribution in [-0.4, -0.2) is 36.3 Å². The fraction of sp³-hybridized carbons (Fsp3) is 0.200. The van der Waals surface area contributed by atoms with Gasteiger partial charge in [0.1, 0.15) is 17.9 Å². The molecule has 4 rings (SSSR count). The highest BCUT2D eigenvalue weighted by molar-refractivity contribution is 6.38. The van der Waals surface area contributed by atoms with E-state index >= 15 is 0 Å². The van der Waals surface area contributed by atoms with Crippen LogP contribution in [-0.2, 0) is 17.8 Å². The van der Waals surface area contributed by atoms with Crippen molar-refractivity contribution in [3.63, 3.8) is 0 Å². The van der Waals surface area contributed by atoms with Crippen LogP contribution in [0.15, 0.2) is 66.7 Å². The van der Waals surface area contributed by atoms with Gasteiger partial charge in [-0.2, -0.15) is 0 Å². The maximum atomic E-state index is 12.9. The van der Waals surface area contributed by atoms with Crippen molar-refractivity contribution in [3.8, 4) is 5.75 Å². The maximum absolute atomic E-state index is 12.9. The molecular weight excluding hydrogens is 551 g/mol. The maximum Gasteiger partial charge on any atom is 0.319 e. The number of ether oxygens (including phenoxy) is 1. The number of halogens is 2. The fourth-order valence-corrected chi connectivity index (χ4v) is 4.61. The lowest BCUT2D eigenvalue weighted by atomic mass is 10.1. The number of pyridine rings is 1. The van der Waals surface area contributed by atoms with E-state index in [0.717, 1.165) is 23.0 Å². The number of fused-ring (bicyclic) bond motifs is 1. The Balaban J connectivity index is 1.43. The summed E-state index contributed by atoms with van der Waals surface area (Å²) in [5.74, 6) is 0.0674. The van der Waals surface area contributed by atoms with Gasteiger partial charge in [-0.1, -0.05) is 60.5 Å². The Bertz CT molecular complexity index is 1590. The van der Waals surface area contributed by atoms with Crippen molar-refractivity contribution in [2.45, 2.75) is 26.9 Å². The number of rotatable bonds is 9. The number of hydrogen-bond acceptors (Lipinski definition) is 5. The van der Waals surface area contributed by atoms with Gasteiger partial charge in [-0.3, -0.25) is 9.59 Å². The molecule has 0 fully saturated rings. The summed E-state index contributed by atoms with van der Waals surface area (Å²) >= 11 is 13.2. The number of para-hydroxylation sites is 1. The number of amides is 3. The first-order chi connectivity index (χ1) is 19.2. The van der Waals surface area contributed by atoms with Crippen LogP contribution in [0.2, 0.25) is 10.0 Å². The number of urea groups is 1. The second kappa shape index (κ2) is 12.8. The molecule has 206 valence electrons. The lowest BCUT2D eigenvalue weighted by Gasteiger charge is -2.21. The molecule has 3 amide bonds. The van der Waals surface area contributed by atoms with E-state index in [1.165, 1.54) is 11.8 Å².